The van der Waals surface area contributed by atoms with Crippen LogP contribution in [0.2, 0.25) is 5.02 Å². The van der Waals surface area contributed by atoms with Gasteiger partial charge in [0.25, 0.3) is 0 Å². The average molecular weight is 280 g/mol. The SMILES string of the molecule is CCc1cc(CC)n(-c2cccc(Cl)c2[N+](=O)[O-])n1. The van der Waals surface area contributed by atoms with Gasteiger partial charge in [0.1, 0.15) is 10.7 Å². The van der Waals surface area contributed by atoms with Gasteiger partial charge in [-0.05, 0) is 31.0 Å². The molecule has 0 spiro atoms. The van der Waals surface area contributed by atoms with E-state index in [4.69, 9.17) is 11.6 Å². The molecule has 0 saturated carbocycles. The Balaban J connectivity index is 2.68. The summed E-state index contributed by atoms with van der Waals surface area (Å²) >= 11 is 5.93. The molecular formula is C13H14ClN3O2. The Morgan fingerprint density at radius 3 is 2.68 bits per heavy atom. The lowest BCUT2D eigenvalue weighted by molar-refractivity contribution is -0.384. The second-order valence-electron chi connectivity index (χ2n) is 4.11. The first-order valence-electron chi connectivity index (χ1n) is 6.09. The molecule has 0 unspecified atom stereocenters. The van der Waals surface area contributed by atoms with Crippen molar-refractivity contribution in [2.75, 3.05) is 0 Å². The van der Waals surface area contributed by atoms with Gasteiger partial charge >= 0.3 is 5.69 Å². The Kier molecular flexibility index (Phi) is 3.85. The van der Waals surface area contributed by atoms with Crippen LogP contribution in [0.1, 0.15) is 25.2 Å². The minimum atomic E-state index is -0.468. The van der Waals surface area contributed by atoms with E-state index < -0.39 is 4.92 Å². The van der Waals surface area contributed by atoms with Gasteiger partial charge in [-0.15, -0.1) is 0 Å². The van der Waals surface area contributed by atoms with Crippen molar-refractivity contribution >= 4 is 17.3 Å². The summed E-state index contributed by atoms with van der Waals surface area (Å²) in [6.45, 7) is 3.99. The highest BCUT2D eigenvalue weighted by Gasteiger charge is 2.22. The van der Waals surface area contributed by atoms with Gasteiger partial charge in [0, 0.05) is 5.69 Å². The summed E-state index contributed by atoms with van der Waals surface area (Å²) < 4.78 is 1.61. The standard InChI is InChI=1S/C13H14ClN3O2/c1-3-9-8-10(4-2)16(15-9)12-7-5-6-11(14)13(12)17(18)19/h5-8H,3-4H2,1-2H3. The van der Waals surface area contributed by atoms with Gasteiger partial charge in [0.2, 0.25) is 0 Å². The van der Waals surface area contributed by atoms with Crippen molar-refractivity contribution in [1.82, 2.24) is 9.78 Å². The summed E-state index contributed by atoms with van der Waals surface area (Å²) in [4.78, 5) is 10.7. The number of hydrogen-bond donors (Lipinski definition) is 0. The molecule has 0 fully saturated rings. The zero-order chi connectivity index (χ0) is 14.0. The average Bonchev–Trinajstić information content (AvgIpc) is 2.81. The van der Waals surface area contributed by atoms with Gasteiger partial charge in [-0.1, -0.05) is 31.5 Å². The largest absolute Gasteiger partial charge is 0.313 e. The molecule has 0 N–H and O–H groups in total. The molecule has 0 aliphatic rings. The maximum absolute atomic E-state index is 11.2. The first-order chi connectivity index (χ1) is 9.08. The summed E-state index contributed by atoms with van der Waals surface area (Å²) in [7, 11) is 0. The number of hydrogen-bond acceptors (Lipinski definition) is 3. The number of halogens is 1. The van der Waals surface area contributed by atoms with Crippen LogP contribution in [0.25, 0.3) is 5.69 Å². The molecule has 2 aromatic rings. The van der Waals surface area contributed by atoms with E-state index in [1.807, 2.05) is 19.9 Å². The highest BCUT2D eigenvalue weighted by Crippen LogP contribution is 2.31. The van der Waals surface area contributed by atoms with E-state index in [2.05, 4.69) is 5.10 Å². The number of nitrogens with zero attached hydrogens (tertiary/aromatic N) is 3. The fourth-order valence-corrected chi connectivity index (χ4v) is 2.20. The normalized spacial score (nSPS) is 10.7. The van der Waals surface area contributed by atoms with Gasteiger partial charge in [0.05, 0.1) is 10.6 Å². The first-order valence-corrected chi connectivity index (χ1v) is 6.47. The van der Waals surface area contributed by atoms with Crippen LogP contribution in [0.5, 0.6) is 0 Å². The third-order valence-corrected chi connectivity index (χ3v) is 3.24. The van der Waals surface area contributed by atoms with Crippen molar-refractivity contribution in [3.05, 3.63) is 50.8 Å². The lowest BCUT2D eigenvalue weighted by Crippen LogP contribution is -2.05. The monoisotopic (exact) mass is 279 g/mol. The Morgan fingerprint density at radius 1 is 1.37 bits per heavy atom. The molecule has 0 saturated heterocycles. The topological polar surface area (TPSA) is 61.0 Å². The van der Waals surface area contributed by atoms with Crippen LogP contribution in [0.4, 0.5) is 5.69 Å². The van der Waals surface area contributed by atoms with Gasteiger partial charge in [-0.2, -0.15) is 5.10 Å². The quantitative estimate of drug-likeness (QED) is 0.635. The molecule has 1 heterocycles. The molecule has 0 bridgehead atoms. The third-order valence-electron chi connectivity index (χ3n) is 2.93. The smallest absolute Gasteiger partial charge is 0.258 e. The lowest BCUT2D eigenvalue weighted by Gasteiger charge is -2.07. The zero-order valence-corrected chi connectivity index (χ0v) is 11.5. The van der Waals surface area contributed by atoms with Gasteiger partial charge in [-0.3, -0.25) is 10.1 Å². The van der Waals surface area contributed by atoms with Crippen molar-refractivity contribution in [3.63, 3.8) is 0 Å². The van der Waals surface area contributed by atoms with Crippen molar-refractivity contribution in [1.29, 1.82) is 0 Å². The van der Waals surface area contributed by atoms with Crippen LogP contribution in [0, 0.1) is 10.1 Å². The van der Waals surface area contributed by atoms with E-state index >= 15 is 0 Å². The molecule has 1 aromatic carbocycles. The lowest BCUT2D eigenvalue weighted by atomic mass is 10.2. The number of aromatic nitrogens is 2. The Labute approximate surface area is 116 Å². The predicted molar refractivity (Wildman–Crippen MR) is 74.0 cm³/mol. The molecule has 0 atom stereocenters. The second kappa shape index (κ2) is 5.40. The summed E-state index contributed by atoms with van der Waals surface area (Å²) in [5.74, 6) is 0. The van der Waals surface area contributed by atoms with E-state index in [0.29, 0.717) is 5.69 Å². The van der Waals surface area contributed by atoms with E-state index in [1.165, 1.54) is 6.07 Å². The van der Waals surface area contributed by atoms with E-state index in [0.717, 1.165) is 24.2 Å². The molecular weight excluding hydrogens is 266 g/mol. The van der Waals surface area contributed by atoms with Crippen molar-refractivity contribution in [2.45, 2.75) is 26.7 Å². The van der Waals surface area contributed by atoms with Crippen LogP contribution in [-0.4, -0.2) is 14.7 Å². The molecule has 0 radical (unpaired) electrons. The molecule has 0 aliphatic carbocycles. The van der Waals surface area contributed by atoms with E-state index in [1.54, 1.807) is 16.8 Å². The molecule has 6 heteroatoms. The fourth-order valence-electron chi connectivity index (χ4n) is 1.96. The van der Waals surface area contributed by atoms with Crippen LogP contribution in [0.15, 0.2) is 24.3 Å². The number of nitro groups is 1. The molecule has 0 aliphatic heterocycles. The number of para-hydroxylation sites is 1. The van der Waals surface area contributed by atoms with Crippen molar-refractivity contribution < 1.29 is 4.92 Å². The summed E-state index contributed by atoms with van der Waals surface area (Å²) in [6, 6.07) is 6.83. The van der Waals surface area contributed by atoms with Gasteiger partial charge in [-0.25, -0.2) is 4.68 Å². The molecule has 19 heavy (non-hydrogen) atoms. The van der Waals surface area contributed by atoms with Crippen molar-refractivity contribution in [2.24, 2.45) is 0 Å². The molecule has 1 aromatic heterocycles. The Hall–Kier alpha value is -1.88. The summed E-state index contributed by atoms with van der Waals surface area (Å²) in [5.41, 5.74) is 2.15. The molecule has 0 amide bonds. The van der Waals surface area contributed by atoms with Crippen LogP contribution in [0.3, 0.4) is 0 Å². The van der Waals surface area contributed by atoms with Crippen molar-refractivity contribution in [3.8, 4) is 5.69 Å². The Morgan fingerprint density at radius 2 is 2.11 bits per heavy atom. The Bertz CT molecular complexity index is 622. The van der Waals surface area contributed by atoms with E-state index in [9.17, 15) is 10.1 Å². The van der Waals surface area contributed by atoms with Gasteiger partial charge < -0.3 is 0 Å². The second-order valence-corrected chi connectivity index (χ2v) is 4.52. The van der Waals surface area contributed by atoms with Crippen LogP contribution < -0.4 is 0 Å². The first kappa shape index (κ1) is 13.5. The maximum atomic E-state index is 11.2. The fraction of sp³-hybridized carbons (Fsp3) is 0.308. The maximum Gasteiger partial charge on any atom is 0.313 e. The third kappa shape index (κ3) is 2.46. The van der Waals surface area contributed by atoms with Gasteiger partial charge in [0.15, 0.2) is 0 Å². The molecule has 100 valence electrons. The summed E-state index contributed by atoms with van der Waals surface area (Å²) in [6.07, 6.45) is 1.53. The number of rotatable bonds is 4. The zero-order valence-electron chi connectivity index (χ0n) is 10.8. The minimum absolute atomic E-state index is 0.107. The predicted octanol–water partition coefficient (Wildman–Crippen LogP) is 3.56. The highest BCUT2D eigenvalue weighted by atomic mass is 35.5. The highest BCUT2D eigenvalue weighted by molar-refractivity contribution is 6.33. The summed E-state index contributed by atoms with van der Waals surface area (Å²) in [5, 5.41) is 15.7. The number of benzene rings is 1. The molecule has 5 nitrogen and oxygen atoms in total. The van der Waals surface area contributed by atoms with Crippen LogP contribution in [-0.2, 0) is 12.8 Å². The van der Waals surface area contributed by atoms with Crippen LogP contribution >= 0.6 is 11.6 Å². The van der Waals surface area contributed by atoms with E-state index in [-0.39, 0.29) is 10.7 Å². The molecule has 2 rings (SSSR count). The minimum Gasteiger partial charge on any atom is -0.258 e. The number of aryl methyl sites for hydroxylation is 2. The number of nitro benzene ring substituents is 1.